The maximum absolute atomic E-state index is 12.4. The van der Waals surface area contributed by atoms with E-state index >= 15 is 0 Å². The molecule has 3 nitrogen and oxygen atoms in total. The van der Waals surface area contributed by atoms with E-state index in [4.69, 9.17) is 11.6 Å². The van der Waals surface area contributed by atoms with E-state index in [1.165, 1.54) is 24.3 Å². The third kappa shape index (κ3) is 4.40. The van der Waals surface area contributed by atoms with Crippen LogP contribution in [0.1, 0.15) is 0 Å². The molecule has 8 heteroatoms. The largest absolute Gasteiger partial charge is 0.443 e. The van der Waals surface area contributed by atoms with Gasteiger partial charge in [0.15, 0.2) is 6.61 Å². The van der Waals surface area contributed by atoms with Crippen molar-refractivity contribution in [3.63, 3.8) is 0 Å². The lowest BCUT2D eigenvalue weighted by Crippen LogP contribution is -2.34. The molecule has 0 saturated carbocycles. The summed E-state index contributed by atoms with van der Waals surface area (Å²) < 4.78 is 52.4. The summed E-state index contributed by atoms with van der Waals surface area (Å²) in [4.78, 5) is 11.0. The number of anilines is 1. The van der Waals surface area contributed by atoms with Gasteiger partial charge in [0.25, 0.3) is 0 Å². The molecule has 0 radical (unpaired) electrons. The summed E-state index contributed by atoms with van der Waals surface area (Å²) in [5.74, 6) is -4.36. The summed E-state index contributed by atoms with van der Waals surface area (Å²) in [7, 11) is 0. The SMILES string of the molecule is O=C(Nc1ccc(Cl)cc1)OCC(F)(F)C(F)F. The van der Waals surface area contributed by atoms with Gasteiger partial charge in [-0.2, -0.15) is 8.78 Å². The van der Waals surface area contributed by atoms with Crippen LogP contribution in [0.2, 0.25) is 5.02 Å². The van der Waals surface area contributed by atoms with Gasteiger partial charge in [-0.3, -0.25) is 5.32 Å². The van der Waals surface area contributed by atoms with E-state index in [0.29, 0.717) is 5.02 Å². The maximum Gasteiger partial charge on any atom is 0.411 e. The number of amides is 1. The van der Waals surface area contributed by atoms with E-state index in [0.717, 1.165) is 0 Å². The molecule has 0 aliphatic heterocycles. The third-order valence-electron chi connectivity index (χ3n) is 1.81. The van der Waals surface area contributed by atoms with Crippen molar-refractivity contribution in [2.75, 3.05) is 11.9 Å². The molecule has 18 heavy (non-hydrogen) atoms. The molecule has 0 aliphatic carbocycles. The molecule has 1 rings (SSSR count). The Bertz CT molecular complexity index is 411. The second-order valence-corrected chi connectivity index (χ2v) is 3.71. The van der Waals surface area contributed by atoms with Gasteiger partial charge >= 0.3 is 18.4 Å². The van der Waals surface area contributed by atoms with Crippen LogP contribution in [0.4, 0.5) is 28.0 Å². The van der Waals surface area contributed by atoms with Crippen molar-refractivity contribution in [2.45, 2.75) is 12.3 Å². The minimum Gasteiger partial charge on any atom is -0.443 e. The standard InChI is InChI=1S/C10H8ClF4NO2/c11-6-1-3-7(4-2-6)16-9(17)18-5-10(14,15)8(12)13/h1-4,8H,5H2,(H,16,17). The quantitative estimate of drug-likeness (QED) is 0.855. The minimum atomic E-state index is -4.36. The van der Waals surface area contributed by atoms with Gasteiger partial charge < -0.3 is 4.74 Å². The molecule has 100 valence electrons. The first-order chi connectivity index (χ1) is 8.31. The van der Waals surface area contributed by atoms with Crippen LogP contribution in [0.3, 0.4) is 0 Å². The van der Waals surface area contributed by atoms with Crippen molar-refractivity contribution in [2.24, 2.45) is 0 Å². The second-order valence-electron chi connectivity index (χ2n) is 3.27. The highest BCUT2D eigenvalue weighted by Crippen LogP contribution is 2.23. The number of nitrogens with one attached hydrogen (secondary N) is 1. The second kappa shape index (κ2) is 5.90. The van der Waals surface area contributed by atoms with E-state index in [1.807, 2.05) is 0 Å². The van der Waals surface area contributed by atoms with Gasteiger partial charge in [-0.1, -0.05) is 11.6 Å². The van der Waals surface area contributed by atoms with Crippen LogP contribution in [0.5, 0.6) is 0 Å². The fourth-order valence-electron chi connectivity index (χ4n) is 0.912. The van der Waals surface area contributed by atoms with Gasteiger partial charge in [0.05, 0.1) is 0 Å². The topological polar surface area (TPSA) is 38.3 Å². The molecule has 0 fully saturated rings. The average Bonchev–Trinajstić information content (AvgIpc) is 2.29. The van der Waals surface area contributed by atoms with E-state index in [-0.39, 0.29) is 5.69 Å². The van der Waals surface area contributed by atoms with Gasteiger partial charge in [0.2, 0.25) is 0 Å². The molecule has 0 bridgehead atoms. The maximum atomic E-state index is 12.4. The first-order valence-corrected chi connectivity index (χ1v) is 5.04. The summed E-state index contributed by atoms with van der Waals surface area (Å²) in [5.41, 5.74) is 0.241. The monoisotopic (exact) mass is 285 g/mol. The number of benzene rings is 1. The Labute approximate surface area is 105 Å². The Morgan fingerprint density at radius 1 is 1.33 bits per heavy atom. The van der Waals surface area contributed by atoms with E-state index in [9.17, 15) is 22.4 Å². The van der Waals surface area contributed by atoms with Gasteiger partial charge in [-0.25, -0.2) is 13.6 Å². The van der Waals surface area contributed by atoms with Crippen LogP contribution >= 0.6 is 11.6 Å². The summed E-state index contributed by atoms with van der Waals surface area (Å²) in [5, 5.41) is 2.50. The molecule has 1 aromatic rings. The predicted octanol–water partition coefficient (Wildman–Crippen LogP) is 3.79. The predicted molar refractivity (Wildman–Crippen MR) is 57.4 cm³/mol. The Morgan fingerprint density at radius 3 is 2.39 bits per heavy atom. The van der Waals surface area contributed by atoms with Crippen molar-refractivity contribution >= 4 is 23.4 Å². The number of carbonyl (C=O) groups excluding carboxylic acids is 1. The number of rotatable bonds is 4. The Balaban J connectivity index is 2.45. The summed E-state index contributed by atoms with van der Waals surface area (Å²) in [6.07, 6.45) is -5.14. The van der Waals surface area contributed by atoms with Crippen LogP contribution in [0.25, 0.3) is 0 Å². The zero-order valence-electron chi connectivity index (χ0n) is 8.80. The normalized spacial score (nSPS) is 11.4. The average molecular weight is 286 g/mol. The lowest BCUT2D eigenvalue weighted by atomic mass is 10.3. The number of hydrogen-bond donors (Lipinski definition) is 1. The van der Waals surface area contributed by atoms with Gasteiger partial charge in [-0.05, 0) is 24.3 Å². The molecular weight excluding hydrogens is 278 g/mol. The number of carbonyl (C=O) groups is 1. The van der Waals surface area contributed by atoms with Crippen LogP contribution in [0.15, 0.2) is 24.3 Å². The van der Waals surface area contributed by atoms with Crippen molar-refractivity contribution < 1.29 is 27.1 Å². The lowest BCUT2D eigenvalue weighted by Gasteiger charge is -2.15. The fraction of sp³-hybridized carbons (Fsp3) is 0.300. The van der Waals surface area contributed by atoms with Gasteiger partial charge in [0.1, 0.15) is 0 Å². The Hall–Kier alpha value is -1.50. The molecule has 0 saturated heterocycles. The molecule has 0 heterocycles. The van der Waals surface area contributed by atoms with Crippen molar-refractivity contribution in [3.05, 3.63) is 29.3 Å². The highest BCUT2D eigenvalue weighted by Gasteiger charge is 2.42. The molecule has 0 spiro atoms. The summed E-state index contributed by atoms with van der Waals surface area (Å²) >= 11 is 5.58. The fourth-order valence-corrected chi connectivity index (χ4v) is 1.04. The number of alkyl halides is 4. The number of hydrogen-bond acceptors (Lipinski definition) is 2. The molecular formula is C10H8ClF4NO2. The molecule has 1 aromatic carbocycles. The van der Waals surface area contributed by atoms with E-state index in [2.05, 4.69) is 10.1 Å². The van der Waals surface area contributed by atoms with Crippen LogP contribution in [0, 0.1) is 0 Å². The lowest BCUT2D eigenvalue weighted by molar-refractivity contribution is -0.153. The molecule has 1 N–H and O–H groups in total. The van der Waals surface area contributed by atoms with Crippen molar-refractivity contribution in [1.29, 1.82) is 0 Å². The van der Waals surface area contributed by atoms with Crippen LogP contribution in [-0.2, 0) is 4.74 Å². The molecule has 0 aromatic heterocycles. The third-order valence-corrected chi connectivity index (χ3v) is 2.06. The highest BCUT2D eigenvalue weighted by molar-refractivity contribution is 6.30. The van der Waals surface area contributed by atoms with Gasteiger partial charge in [-0.15, -0.1) is 0 Å². The van der Waals surface area contributed by atoms with E-state index < -0.39 is 25.0 Å². The smallest absolute Gasteiger partial charge is 0.411 e. The van der Waals surface area contributed by atoms with E-state index in [1.54, 1.807) is 0 Å². The Kier molecular flexibility index (Phi) is 4.77. The number of halogens is 5. The Morgan fingerprint density at radius 2 is 1.89 bits per heavy atom. The molecule has 0 atom stereocenters. The molecule has 0 unspecified atom stereocenters. The van der Waals surface area contributed by atoms with Crippen molar-refractivity contribution in [3.8, 4) is 0 Å². The summed E-state index contributed by atoms with van der Waals surface area (Å²) in [6, 6.07) is 5.69. The highest BCUT2D eigenvalue weighted by atomic mass is 35.5. The molecule has 0 aliphatic rings. The summed E-state index contributed by atoms with van der Waals surface area (Å²) in [6.45, 7) is -1.69. The van der Waals surface area contributed by atoms with Crippen LogP contribution in [-0.4, -0.2) is 25.0 Å². The van der Waals surface area contributed by atoms with Gasteiger partial charge in [0, 0.05) is 10.7 Å². The minimum absolute atomic E-state index is 0.241. The molecule has 1 amide bonds. The van der Waals surface area contributed by atoms with Crippen molar-refractivity contribution in [1.82, 2.24) is 0 Å². The zero-order chi connectivity index (χ0) is 13.8. The first kappa shape index (κ1) is 14.6. The van der Waals surface area contributed by atoms with Crippen LogP contribution < -0.4 is 5.32 Å². The zero-order valence-corrected chi connectivity index (χ0v) is 9.56. The number of ether oxygens (including phenoxy) is 1. The first-order valence-electron chi connectivity index (χ1n) is 4.66.